The summed E-state index contributed by atoms with van der Waals surface area (Å²) in [5.74, 6) is 0. The minimum atomic E-state index is 0. The average Bonchev–Trinajstić information content (AvgIpc) is 1.83. The van der Waals surface area contributed by atoms with Crippen molar-refractivity contribution in [2.75, 3.05) is 0 Å². The molecule has 0 aliphatic carbocycles. The maximum atomic E-state index is 2.16. The van der Waals surface area contributed by atoms with Crippen LogP contribution in [0.15, 0.2) is 23.8 Å². The van der Waals surface area contributed by atoms with Crippen molar-refractivity contribution < 1.29 is 0 Å². The van der Waals surface area contributed by atoms with Gasteiger partial charge in [0.25, 0.3) is 0 Å². The lowest BCUT2D eigenvalue weighted by Gasteiger charge is -1.87. The largest absolute Gasteiger partial charge is 0.0877 e. The van der Waals surface area contributed by atoms with Crippen LogP contribution in [0, 0.1) is 0 Å². The van der Waals surface area contributed by atoms with Crippen molar-refractivity contribution in [2.45, 2.75) is 42.0 Å². The Labute approximate surface area is 66.7 Å². The van der Waals surface area contributed by atoms with E-state index >= 15 is 0 Å². The van der Waals surface area contributed by atoms with Crippen LogP contribution < -0.4 is 0 Å². The monoisotopic (exact) mass is 142 g/mol. The highest BCUT2D eigenvalue weighted by molar-refractivity contribution is 5.08. The van der Waals surface area contributed by atoms with E-state index in [2.05, 4.69) is 26.0 Å². The maximum Gasteiger partial charge on any atom is -0.0349 e. The molecule has 0 heterocycles. The molecule has 0 aromatic carbocycles. The Balaban J connectivity index is -0.000000245. The molecule has 62 valence electrons. The summed E-state index contributed by atoms with van der Waals surface area (Å²) in [4.78, 5) is 0. The Morgan fingerprint density at radius 2 is 1.80 bits per heavy atom. The highest BCUT2D eigenvalue weighted by atomic mass is 13.8. The molecular formula is C10H22. The topological polar surface area (TPSA) is 0 Å². The molecule has 0 heteroatoms. The van der Waals surface area contributed by atoms with Gasteiger partial charge >= 0.3 is 0 Å². The van der Waals surface area contributed by atoms with Crippen LogP contribution >= 0.6 is 0 Å². The second-order valence-corrected chi connectivity index (χ2v) is 1.89. The molecule has 0 nitrogen and oxygen atoms in total. The molecule has 0 aliphatic heterocycles. The second-order valence-electron chi connectivity index (χ2n) is 1.89. The van der Waals surface area contributed by atoms with Crippen molar-refractivity contribution in [3.63, 3.8) is 0 Å². The maximum absolute atomic E-state index is 2.16. The summed E-state index contributed by atoms with van der Waals surface area (Å²) in [6, 6.07) is 0. The standard InChI is InChI=1S/C8H14.2CH4/c1-4-6-7-8(3)5-2;;/h4,6-7H,5H2,1-3H3;2*1H4/b6-4-,8-7-;;. The van der Waals surface area contributed by atoms with Crippen molar-refractivity contribution in [3.05, 3.63) is 23.8 Å². The van der Waals surface area contributed by atoms with Gasteiger partial charge in [-0.1, -0.05) is 45.6 Å². The first-order chi connectivity index (χ1) is 3.81. The van der Waals surface area contributed by atoms with Crippen LogP contribution in [0.1, 0.15) is 42.0 Å². The van der Waals surface area contributed by atoms with E-state index in [4.69, 9.17) is 0 Å². The highest BCUT2D eigenvalue weighted by Gasteiger charge is 1.75. The molecular weight excluding hydrogens is 120 g/mol. The van der Waals surface area contributed by atoms with Gasteiger partial charge in [-0.25, -0.2) is 0 Å². The van der Waals surface area contributed by atoms with Crippen molar-refractivity contribution in [3.8, 4) is 0 Å². The van der Waals surface area contributed by atoms with Gasteiger partial charge in [0.1, 0.15) is 0 Å². The average molecular weight is 142 g/mol. The molecule has 0 radical (unpaired) electrons. The summed E-state index contributed by atoms with van der Waals surface area (Å²) in [6.45, 7) is 6.33. The van der Waals surface area contributed by atoms with E-state index in [9.17, 15) is 0 Å². The van der Waals surface area contributed by atoms with E-state index in [1.54, 1.807) is 0 Å². The third-order valence-electron chi connectivity index (χ3n) is 1.13. The zero-order valence-corrected chi connectivity index (χ0v) is 5.94. The van der Waals surface area contributed by atoms with Gasteiger partial charge in [-0.05, 0) is 20.3 Å². The summed E-state index contributed by atoms with van der Waals surface area (Å²) in [6.07, 6.45) is 7.41. The molecule has 0 amide bonds. The molecule has 0 aromatic rings. The van der Waals surface area contributed by atoms with E-state index in [1.807, 2.05) is 13.0 Å². The predicted molar refractivity (Wildman–Crippen MR) is 52.3 cm³/mol. The zero-order chi connectivity index (χ0) is 6.41. The summed E-state index contributed by atoms with van der Waals surface area (Å²) in [7, 11) is 0. The fourth-order valence-electron chi connectivity index (χ4n) is 0.378. The van der Waals surface area contributed by atoms with Crippen LogP contribution in [0.4, 0.5) is 0 Å². The van der Waals surface area contributed by atoms with Crippen molar-refractivity contribution in [1.82, 2.24) is 0 Å². The number of rotatable bonds is 2. The molecule has 0 spiro atoms. The smallest absolute Gasteiger partial charge is 0.0349 e. The van der Waals surface area contributed by atoms with Gasteiger partial charge in [0.05, 0.1) is 0 Å². The molecule has 0 saturated heterocycles. The quantitative estimate of drug-likeness (QED) is 0.507. The Kier molecular flexibility index (Phi) is 18.3. The molecule has 0 bridgehead atoms. The van der Waals surface area contributed by atoms with Crippen LogP contribution in [0.2, 0.25) is 0 Å². The molecule has 0 aliphatic rings. The fourth-order valence-corrected chi connectivity index (χ4v) is 0.378. The fraction of sp³-hybridized carbons (Fsp3) is 0.600. The van der Waals surface area contributed by atoms with E-state index < -0.39 is 0 Å². The second kappa shape index (κ2) is 11.3. The highest BCUT2D eigenvalue weighted by Crippen LogP contribution is 1.96. The third kappa shape index (κ3) is 10.5. The molecule has 0 saturated carbocycles. The number of hydrogen-bond acceptors (Lipinski definition) is 0. The first kappa shape index (κ1) is 16.2. The van der Waals surface area contributed by atoms with Gasteiger partial charge in [-0.2, -0.15) is 0 Å². The van der Waals surface area contributed by atoms with E-state index in [0.29, 0.717) is 0 Å². The SMILES string of the molecule is C.C.C/C=C\C=C(\C)CC. The lowest BCUT2D eigenvalue weighted by atomic mass is 10.2. The van der Waals surface area contributed by atoms with Crippen LogP contribution in [0.25, 0.3) is 0 Å². The Bertz CT molecular complexity index is 96.6. The molecule has 0 N–H and O–H groups in total. The number of hydrogen-bond donors (Lipinski definition) is 0. The molecule has 0 aromatic heterocycles. The molecule has 0 rings (SSSR count). The summed E-state index contributed by atoms with van der Waals surface area (Å²) < 4.78 is 0. The molecule has 0 fully saturated rings. The van der Waals surface area contributed by atoms with Gasteiger partial charge in [-0.15, -0.1) is 0 Å². The molecule has 10 heavy (non-hydrogen) atoms. The summed E-state index contributed by atoms with van der Waals surface area (Å²) in [5.41, 5.74) is 1.43. The Morgan fingerprint density at radius 1 is 1.30 bits per heavy atom. The van der Waals surface area contributed by atoms with E-state index in [-0.39, 0.29) is 14.9 Å². The summed E-state index contributed by atoms with van der Waals surface area (Å²) >= 11 is 0. The van der Waals surface area contributed by atoms with Gasteiger partial charge in [0.2, 0.25) is 0 Å². The first-order valence-corrected chi connectivity index (χ1v) is 3.09. The van der Waals surface area contributed by atoms with Gasteiger partial charge < -0.3 is 0 Å². The van der Waals surface area contributed by atoms with Crippen molar-refractivity contribution >= 4 is 0 Å². The van der Waals surface area contributed by atoms with Crippen LogP contribution in [-0.2, 0) is 0 Å². The normalized spacial score (nSPS) is 10.5. The Morgan fingerprint density at radius 3 is 2.10 bits per heavy atom. The lowest BCUT2D eigenvalue weighted by Crippen LogP contribution is -1.66. The predicted octanol–water partition coefficient (Wildman–Crippen LogP) is 4.19. The van der Waals surface area contributed by atoms with E-state index in [0.717, 1.165) is 6.42 Å². The van der Waals surface area contributed by atoms with Crippen LogP contribution in [-0.4, -0.2) is 0 Å². The summed E-state index contributed by atoms with van der Waals surface area (Å²) in [5, 5.41) is 0. The van der Waals surface area contributed by atoms with E-state index in [1.165, 1.54) is 5.57 Å². The molecule has 0 unspecified atom stereocenters. The Hall–Kier alpha value is -0.520. The van der Waals surface area contributed by atoms with Crippen molar-refractivity contribution in [2.24, 2.45) is 0 Å². The van der Waals surface area contributed by atoms with Crippen molar-refractivity contribution in [1.29, 1.82) is 0 Å². The molecule has 0 atom stereocenters. The van der Waals surface area contributed by atoms with Gasteiger partial charge in [0.15, 0.2) is 0 Å². The van der Waals surface area contributed by atoms with Crippen LogP contribution in [0.5, 0.6) is 0 Å². The minimum Gasteiger partial charge on any atom is -0.0877 e. The first-order valence-electron chi connectivity index (χ1n) is 3.09. The third-order valence-corrected chi connectivity index (χ3v) is 1.13. The van der Waals surface area contributed by atoms with Crippen LogP contribution in [0.3, 0.4) is 0 Å². The van der Waals surface area contributed by atoms with Gasteiger partial charge in [0, 0.05) is 0 Å². The zero-order valence-electron chi connectivity index (χ0n) is 5.94. The lowest BCUT2D eigenvalue weighted by molar-refractivity contribution is 1.10. The van der Waals surface area contributed by atoms with Gasteiger partial charge in [-0.3, -0.25) is 0 Å². The minimum absolute atomic E-state index is 0. The number of allylic oxidation sites excluding steroid dienone is 4.